The molecule has 0 bridgehead atoms. The van der Waals surface area contributed by atoms with Crippen molar-refractivity contribution in [1.29, 1.82) is 5.26 Å². The fourth-order valence-corrected chi connectivity index (χ4v) is 2.45. The van der Waals surface area contributed by atoms with Crippen molar-refractivity contribution in [1.82, 2.24) is 0 Å². The number of ether oxygens (including phenoxy) is 1. The van der Waals surface area contributed by atoms with E-state index in [0.717, 1.165) is 5.75 Å². The number of sulfone groups is 1. The fourth-order valence-electron chi connectivity index (χ4n) is 1.29. The van der Waals surface area contributed by atoms with Crippen LogP contribution >= 0.6 is 0 Å². The summed E-state index contributed by atoms with van der Waals surface area (Å²) in [6.45, 7) is 0.371. The molecule has 0 saturated heterocycles. The Morgan fingerprint density at radius 2 is 1.88 bits per heavy atom. The molecule has 1 aromatic carbocycles. The van der Waals surface area contributed by atoms with Gasteiger partial charge in [0.1, 0.15) is 5.75 Å². The lowest BCUT2D eigenvalue weighted by Crippen LogP contribution is -2.13. The van der Waals surface area contributed by atoms with E-state index in [1.165, 1.54) is 0 Å². The van der Waals surface area contributed by atoms with Crippen LogP contribution in [0.1, 0.15) is 12.8 Å². The summed E-state index contributed by atoms with van der Waals surface area (Å²) in [6.07, 6.45) is 0.504. The summed E-state index contributed by atoms with van der Waals surface area (Å²) in [4.78, 5) is 0. The fraction of sp³-hybridized carbons (Fsp3) is 0.417. The maximum absolute atomic E-state index is 11.4. The van der Waals surface area contributed by atoms with Crippen molar-refractivity contribution >= 4 is 9.84 Å². The molecule has 0 saturated carbocycles. The van der Waals surface area contributed by atoms with Gasteiger partial charge in [0.15, 0.2) is 9.84 Å². The lowest BCUT2D eigenvalue weighted by Gasteiger charge is -2.05. The molecule has 0 atom stereocenters. The molecule has 0 aromatic heterocycles. The van der Waals surface area contributed by atoms with Crippen LogP contribution in [0, 0.1) is 11.3 Å². The Bertz CT molecular complexity index is 462. The summed E-state index contributed by atoms with van der Waals surface area (Å²) in [7, 11) is -3.10. The van der Waals surface area contributed by atoms with Gasteiger partial charge in [0.25, 0.3) is 0 Å². The van der Waals surface area contributed by atoms with Crippen LogP contribution in [0.25, 0.3) is 0 Å². The highest BCUT2D eigenvalue weighted by molar-refractivity contribution is 7.91. The van der Waals surface area contributed by atoms with Crippen molar-refractivity contribution < 1.29 is 13.2 Å². The minimum Gasteiger partial charge on any atom is -0.494 e. The monoisotopic (exact) mass is 253 g/mol. The first-order valence-corrected chi connectivity index (χ1v) is 7.21. The molecule has 5 heteroatoms. The van der Waals surface area contributed by atoms with Gasteiger partial charge < -0.3 is 4.74 Å². The van der Waals surface area contributed by atoms with Gasteiger partial charge in [0.05, 0.1) is 24.2 Å². The Kier molecular flexibility index (Phi) is 5.50. The molecule has 0 N–H and O–H groups in total. The van der Waals surface area contributed by atoms with Crippen molar-refractivity contribution in [3.8, 4) is 11.8 Å². The van der Waals surface area contributed by atoms with Gasteiger partial charge in [0, 0.05) is 6.42 Å². The summed E-state index contributed by atoms with van der Waals surface area (Å²) in [6, 6.07) is 11.1. The number of nitriles is 1. The third kappa shape index (κ3) is 5.93. The molecule has 0 aliphatic carbocycles. The molecule has 0 fully saturated rings. The lowest BCUT2D eigenvalue weighted by molar-refractivity contribution is 0.317. The summed E-state index contributed by atoms with van der Waals surface area (Å²) in [5.74, 6) is 0.748. The molecule has 92 valence electrons. The zero-order valence-electron chi connectivity index (χ0n) is 9.50. The molecule has 4 nitrogen and oxygen atoms in total. The van der Waals surface area contributed by atoms with E-state index in [1.807, 2.05) is 36.4 Å². The summed E-state index contributed by atoms with van der Waals surface area (Å²) in [5.41, 5.74) is 0. The molecule has 0 amide bonds. The second-order valence-corrected chi connectivity index (χ2v) is 5.88. The summed E-state index contributed by atoms with van der Waals surface area (Å²) >= 11 is 0. The van der Waals surface area contributed by atoms with E-state index < -0.39 is 9.84 Å². The minimum absolute atomic E-state index is 0.0574. The van der Waals surface area contributed by atoms with Gasteiger partial charge in [-0.25, -0.2) is 8.42 Å². The van der Waals surface area contributed by atoms with Gasteiger partial charge in [-0.1, -0.05) is 18.2 Å². The Hall–Kier alpha value is -1.54. The lowest BCUT2D eigenvalue weighted by atomic mass is 10.3. The SMILES string of the molecule is N#CCCS(=O)(=O)CCCOc1ccccc1. The summed E-state index contributed by atoms with van der Waals surface area (Å²) in [5, 5.41) is 8.31. The van der Waals surface area contributed by atoms with Crippen molar-refractivity contribution in [2.75, 3.05) is 18.1 Å². The number of hydrogen-bond donors (Lipinski definition) is 0. The average Bonchev–Trinajstić information content (AvgIpc) is 2.34. The highest BCUT2D eigenvalue weighted by atomic mass is 32.2. The Morgan fingerprint density at radius 1 is 1.18 bits per heavy atom. The van der Waals surface area contributed by atoms with Gasteiger partial charge in [-0.15, -0.1) is 0 Å². The Labute approximate surface area is 102 Å². The van der Waals surface area contributed by atoms with Crippen LogP contribution in [-0.4, -0.2) is 26.5 Å². The van der Waals surface area contributed by atoms with Crippen LogP contribution in [0.2, 0.25) is 0 Å². The van der Waals surface area contributed by atoms with Gasteiger partial charge in [0.2, 0.25) is 0 Å². The molecule has 0 heterocycles. The number of hydrogen-bond acceptors (Lipinski definition) is 4. The highest BCUT2D eigenvalue weighted by Crippen LogP contribution is 2.08. The van der Waals surface area contributed by atoms with E-state index in [-0.39, 0.29) is 17.9 Å². The molecule has 0 aliphatic rings. The van der Waals surface area contributed by atoms with Crippen molar-refractivity contribution in [3.63, 3.8) is 0 Å². The third-order valence-corrected chi connectivity index (χ3v) is 3.87. The van der Waals surface area contributed by atoms with Gasteiger partial charge in [-0.2, -0.15) is 5.26 Å². The quantitative estimate of drug-likeness (QED) is 0.695. The van der Waals surface area contributed by atoms with Crippen LogP contribution in [0.15, 0.2) is 30.3 Å². The maximum Gasteiger partial charge on any atom is 0.151 e. The standard InChI is InChI=1S/C12H15NO3S/c13-8-4-10-17(14,15)11-5-9-16-12-6-2-1-3-7-12/h1-3,6-7H,4-5,9-11H2. The molecule has 1 rings (SSSR count). The number of para-hydroxylation sites is 1. The molecule has 0 radical (unpaired) electrons. The first-order chi connectivity index (χ1) is 8.14. The van der Waals surface area contributed by atoms with Gasteiger partial charge >= 0.3 is 0 Å². The smallest absolute Gasteiger partial charge is 0.151 e. The highest BCUT2D eigenvalue weighted by Gasteiger charge is 2.09. The third-order valence-electron chi connectivity index (χ3n) is 2.14. The van der Waals surface area contributed by atoms with E-state index in [9.17, 15) is 8.42 Å². The molecule has 1 aromatic rings. The average molecular weight is 253 g/mol. The number of benzene rings is 1. The first kappa shape index (κ1) is 13.5. The van der Waals surface area contributed by atoms with Crippen LogP contribution in [-0.2, 0) is 9.84 Å². The van der Waals surface area contributed by atoms with E-state index in [2.05, 4.69) is 0 Å². The van der Waals surface area contributed by atoms with Crippen LogP contribution in [0.4, 0.5) is 0 Å². The second kappa shape index (κ2) is 6.92. The largest absolute Gasteiger partial charge is 0.494 e. The minimum atomic E-state index is -3.10. The predicted octanol–water partition coefficient (Wildman–Crippen LogP) is 1.78. The molecule has 0 spiro atoms. The Balaban J connectivity index is 2.23. The first-order valence-electron chi connectivity index (χ1n) is 5.39. The normalized spacial score (nSPS) is 10.8. The van der Waals surface area contributed by atoms with Crippen LogP contribution < -0.4 is 4.74 Å². The molecular weight excluding hydrogens is 238 g/mol. The van der Waals surface area contributed by atoms with Crippen molar-refractivity contribution in [2.45, 2.75) is 12.8 Å². The van der Waals surface area contributed by atoms with E-state index in [4.69, 9.17) is 10.00 Å². The predicted molar refractivity (Wildman–Crippen MR) is 65.4 cm³/mol. The number of nitrogens with zero attached hydrogens (tertiary/aromatic N) is 1. The topological polar surface area (TPSA) is 67.2 Å². The van der Waals surface area contributed by atoms with Crippen LogP contribution in [0.3, 0.4) is 0 Å². The zero-order chi connectivity index (χ0) is 12.6. The molecule has 0 unspecified atom stereocenters. The van der Waals surface area contributed by atoms with E-state index >= 15 is 0 Å². The van der Waals surface area contributed by atoms with Gasteiger partial charge in [-0.05, 0) is 18.6 Å². The Morgan fingerprint density at radius 3 is 2.53 bits per heavy atom. The van der Waals surface area contributed by atoms with Crippen molar-refractivity contribution in [2.24, 2.45) is 0 Å². The second-order valence-electron chi connectivity index (χ2n) is 3.57. The summed E-state index contributed by atoms with van der Waals surface area (Å²) < 4.78 is 28.2. The van der Waals surface area contributed by atoms with Gasteiger partial charge in [-0.3, -0.25) is 0 Å². The molecular formula is C12H15NO3S. The maximum atomic E-state index is 11.4. The zero-order valence-corrected chi connectivity index (χ0v) is 10.3. The van der Waals surface area contributed by atoms with E-state index in [1.54, 1.807) is 0 Å². The number of rotatable bonds is 7. The van der Waals surface area contributed by atoms with E-state index in [0.29, 0.717) is 13.0 Å². The van der Waals surface area contributed by atoms with Crippen LogP contribution in [0.5, 0.6) is 5.75 Å². The molecule has 17 heavy (non-hydrogen) atoms. The van der Waals surface area contributed by atoms with Crippen molar-refractivity contribution in [3.05, 3.63) is 30.3 Å². The molecule has 0 aliphatic heterocycles.